The molecular formula is C27H35FN4O3. The minimum atomic E-state index is -0.530. The van der Waals surface area contributed by atoms with Crippen molar-refractivity contribution < 1.29 is 18.7 Å². The summed E-state index contributed by atoms with van der Waals surface area (Å²) in [6, 6.07) is 8.36. The number of carbonyl (C=O) groups is 2. The standard InChI is InChI=1S/C27H35FN4O3/c1-18(29-2)26(33)31-25(19-7-4-3-5-8-19)27(34)32-16-6-9-24(32)23-17-22(14-15-30-23)35-21-12-10-20(28)11-13-21/h10-15,17-19,24-25,29H,3-9,16H2,1-2H3,(H,31,33)/t18?,24?,25-/m0/s1. The van der Waals surface area contributed by atoms with Crippen molar-refractivity contribution >= 4 is 11.8 Å². The van der Waals surface area contributed by atoms with E-state index in [1.165, 1.54) is 18.6 Å². The van der Waals surface area contributed by atoms with Crippen molar-refractivity contribution in [3.05, 3.63) is 54.1 Å². The van der Waals surface area contributed by atoms with Gasteiger partial charge in [0.25, 0.3) is 0 Å². The van der Waals surface area contributed by atoms with Crippen LogP contribution in [0.1, 0.15) is 63.6 Å². The zero-order valence-electron chi connectivity index (χ0n) is 20.5. The fourth-order valence-electron chi connectivity index (χ4n) is 5.09. The van der Waals surface area contributed by atoms with E-state index in [0.29, 0.717) is 18.0 Å². The molecule has 1 aromatic carbocycles. The van der Waals surface area contributed by atoms with Gasteiger partial charge >= 0.3 is 0 Å². The van der Waals surface area contributed by atoms with Gasteiger partial charge in [0, 0.05) is 18.8 Å². The van der Waals surface area contributed by atoms with E-state index in [0.717, 1.165) is 44.2 Å². The van der Waals surface area contributed by atoms with Gasteiger partial charge in [-0.15, -0.1) is 0 Å². The molecule has 2 fully saturated rings. The second-order valence-electron chi connectivity index (χ2n) is 9.56. The van der Waals surface area contributed by atoms with Gasteiger partial charge in [0.15, 0.2) is 0 Å². The van der Waals surface area contributed by atoms with Gasteiger partial charge in [-0.25, -0.2) is 4.39 Å². The van der Waals surface area contributed by atoms with Crippen LogP contribution in [-0.4, -0.2) is 47.4 Å². The Morgan fingerprint density at radius 1 is 1.06 bits per heavy atom. The molecule has 8 heteroatoms. The van der Waals surface area contributed by atoms with Crippen LogP contribution < -0.4 is 15.4 Å². The van der Waals surface area contributed by atoms with Crippen LogP contribution >= 0.6 is 0 Å². The maximum atomic E-state index is 13.9. The van der Waals surface area contributed by atoms with Crippen molar-refractivity contribution in [1.82, 2.24) is 20.5 Å². The number of nitrogens with one attached hydrogen (secondary N) is 2. The van der Waals surface area contributed by atoms with Crippen LogP contribution in [0, 0.1) is 11.7 Å². The van der Waals surface area contributed by atoms with E-state index < -0.39 is 6.04 Å². The Morgan fingerprint density at radius 3 is 2.51 bits per heavy atom. The lowest BCUT2D eigenvalue weighted by Crippen LogP contribution is -2.55. The van der Waals surface area contributed by atoms with Crippen LogP contribution in [0.25, 0.3) is 0 Å². The molecule has 1 saturated heterocycles. The number of hydrogen-bond donors (Lipinski definition) is 2. The number of carbonyl (C=O) groups excluding carboxylic acids is 2. The highest BCUT2D eigenvalue weighted by atomic mass is 19.1. The van der Waals surface area contributed by atoms with Gasteiger partial charge in [0.05, 0.1) is 17.8 Å². The summed E-state index contributed by atoms with van der Waals surface area (Å²) in [4.78, 5) is 33.1. The number of rotatable bonds is 8. The molecule has 0 spiro atoms. The van der Waals surface area contributed by atoms with Crippen LogP contribution in [0.15, 0.2) is 42.6 Å². The van der Waals surface area contributed by atoms with Crippen molar-refractivity contribution in [1.29, 1.82) is 0 Å². The highest BCUT2D eigenvalue weighted by molar-refractivity contribution is 5.90. The highest BCUT2D eigenvalue weighted by Crippen LogP contribution is 2.35. The fourth-order valence-corrected chi connectivity index (χ4v) is 5.09. The predicted molar refractivity (Wildman–Crippen MR) is 131 cm³/mol. The molecule has 3 atom stereocenters. The third-order valence-corrected chi connectivity index (χ3v) is 7.19. The molecule has 0 bridgehead atoms. The lowest BCUT2D eigenvalue weighted by atomic mass is 9.83. The largest absolute Gasteiger partial charge is 0.457 e. The minimum Gasteiger partial charge on any atom is -0.457 e. The number of aromatic nitrogens is 1. The molecule has 7 nitrogen and oxygen atoms in total. The monoisotopic (exact) mass is 482 g/mol. The average Bonchev–Trinajstić information content (AvgIpc) is 3.38. The first-order valence-corrected chi connectivity index (χ1v) is 12.6. The van der Waals surface area contributed by atoms with Crippen LogP contribution in [-0.2, 0) is 9.59 Å². The second kappa shape index (κ2) is 11.6. The summed E-state index contributed by atoms with van der Waals surface area (Å²) in [5.41, 5.74) is 0.757. The number of hydrogen-bond acceptors (Lipinski definition) is 5. The van der Waals surface area contributed by atoms with Gasteiger partial charge in [0.1, 0.15) is 23.4 Å². The SMILES string of the molecule is CNC(C)C(=O)N[C@H](C(=O)N1CCCC1c1cc(Oc2ccc(F)cc2)ccn1)C1CCCCC1. The summed E-state index contributed by atoms with van der Waals surface area (Å²) in [5, 5.41) is 6.03. The van der Waals surface area contributed by atoms with Gasteiger partial charge in [-0.05, 0) is 75.9 Å². The Labute approximate surface area is 206 Å². The molecule has 2 aromatic rings. The van der Waals surface area contributed by atoms with E-state index in [-0.39, 0.29) is 35.6 Å². The summed E-state index contributed by atoms with van der Waals surface area (Å²) in [6.07, 6.45) is 8.58. The Balaban J connectivity index is 1.53. The van der Waals surface area contributed by atoms with Crippen molar-refractivity contribution in [2.75, 3.05) is 13.6 Å². The molecule has 2 N–H and O–H groups in total. The quantitative estimate of drug-likeness (QED) is 0.585. The topological polar surface area (TPSA) is 83.6 Å². The number of ether oxygens (including phenoxy) is 1. The molecular weight excluding hydrogens is 447 g/mol. The number of halogens is 1. The van der Waals surface area contributed by atoms with Crippen molar-refractivity contribution in [2.45, 2.75) is 70.0 Å². The normalized spacial score (nSPS) is 20.3. The van der Waals surface area contributed by atoms with Crippen molar-refractivity contribution in [3.8, 4) is 11.5 Å². The third kappa shape index (κ3) is 6.17. The molecule has 2 unspecified atom stereocenters. The summed E-state index contributed by atoms with van der Waals surface area (Å²) < 4.78 is 19.1. The van der Waals surface area contributed by atoms with Gasteiger partial charge in [-0.1, -0.05) is 19.3 Å². The smallest absolute Gasteiger partial charge is 0.246 e. The molecule has 2 aliphatic rings. The lowest BCUT2D eigenvalue weighted by Gasteiger charge is -2.35. The molecule has 2 amide bonds. The van der Waals surface area contributed by atoms with Crippen molar-refractivity contribution in [2.24, 2.45) is 5.92 Å². The molecule has 0 radical (unpaired) electrons. The van der Waals surface area contributed by atoms with E-state index in [1.807, 2.05) is 11.0 Å². The second-order valence-corrected chi connectivity index (χ2v) is 9.56. The Bertz CT molecular complexity index is 1010. The van der Waals surface area contributed by atoms with E-state index in [1.54, 1.807) is 38.4 Å². The zero-order valence-corrected chi connectivity index (χ0v) is 20.5. The number of nitrogens with zero attached hydrogens (tertiary/aromatic N) is 2. The predicted octanol–water partition coefficient (Wildman–Crippen LogP) is 4.35. The van der Waals surface area contributed by atoms with Crippen LogP contribution in [0.4, 0.5) is 4.39 Å². The summed E-state index contributed by atoms with van der Waals surface area (Å²) in [5.74, 6) is 0.758. The molecule has 1 aliphatic heterocycles. The first kappa shape index (κ1) is 25.1. The number of likely N-dealkylation sites (N-methyl/N-ethyl adjacent to an activating group) is 1. The Hall–Kier alpha value is -3.00. The summed E-state index contributed by atoms with van der Waals surface area (Å²) in [7, 11) is 1.74. The Kier molecular flexibility index (Phi) is 8.33. The number of pyridine rings is 1. The van der Waals surface area contributed by atoms with E-state index in [9.17, 15) is 14.0 Å². The number of amides is 2. The minimum absolute atomic E-state index is 0.0253. The highest BCUT2D eigenvalue weighted by Gasteiger charge is 2.39. The first-order chi connectivity index (χ1) is 17.0. The summed E-state index contributed by atoms with van der Waals surface area (Å²) in [6.45, 7) is 2.43. The zero-order chi connectivity index (χ0) is 24.8. The van der Waals surface area contributed by atoms with Gasteiger partial charge in [-0.2, -0.15) is 0 Å². The molecule has 1 saturated carbocycles. The van der Waals surface area contributed by atoms with Crippen molar-refractivity contribution in [3.63, 3.8) is 0 Å². The van der Waals surface area contributed by atoms with E-state index in [2.05, 4.69) is 15.6 Å². The number of benzene rings is 1. The lowest BCUT2D eigenvalue weighted by molar-refractivity contribution is -0.139. The third-order valence-electron chi connectivity index (χ3n) is 7.19. The first-order valence-electron chi connectivity index (χ1n) is 12.6. The van der Waals surface area contributed by atoms with Crippen LogP contribution in [0.3, 0.4) is 0 Å². The molecule has 2 heterocycles. The molecule has 4 rings (SSSR count). The Morgan fingerprint density at radius 2 is 1.80 bits per heavy atom. The van der Waals surface area contributed by atoms with Crippen LogP contribution in [0.5, 0.6) is 11.5 Å². The molecule has 1 aromatic heterocycles. The maximum Gasteiger partial charge on any atom is 0.246 e. The van der Waals surface area contributed by atoms with Gasteiger partial charge < -0.3 is 20.3 Å². The molecule has 35 heavy (non-hydrogen) atoms. The number of likely N-dealkylation sites (tertiary alicyclic amines) is 1. The fraction of sp³-hybridized carbons (Fsp3) is 0.519. The van der Waals surface area contributed by atoms with Crippen LogP contribution in [0.2, 0.25) is 0 Å². The van der Waals surface area contributed by atoms with Gasteiger partial charge in [-0.3, -0.25) is 14.6 Å². The maximum absolute atomic E-state index is 13.9. The van der Waals surface area contributed by atoms with Gasteiger partial charge in [0.2, 0.25) is 11.8 Å². The average molecular weight is 483 g/mol. The summed E-state index contributed by atoms with van der Waals surface area (Å²) >= 11 is 0. The van der Waals surface area contributed by atoms with E-state index >= 15 is 0 Å². The van der Waals surface area contributed by atoms with E-state index in [4.69, 9.17) is 4.74 Å². The molecule has 1 aliphatic carbocycles. The molecule has 188 valence electrons.